The molecule has 0 aliphatic heterocycles. The zero-order valence-corrected chi connectivity index (χ0v) is 9.24. The van der Waals surface area contributed by atoms with Gasteiger partial charge in [0.15, 0.2) is 0 Å². The van der Waals surface area contributed by atoms with E-state index < -0.39 is 46.6 Å². The SMILES string of the molecule is CC(CO)(C(CN)(CO)CO)S(=O)(=O)O. The van der Waals surface area contributed by atoms with Gasteiger partial charge in [-0.2, -0.15) is 8.42 Å². The van der Waals surface area contributed by atoms with Crippen LogP contribution in [-0.4, -0.2) is 59.4 Å². The second-order valence-electron chi connectivity index (χ2n) is 3.66. The standard InChI is InChI=1S/C7H17NO6S/c1-6(3-9,15(12,13)14)7(2-8,4-10)5-11/h9-11H,2-5,8H2,1H3,(H,12,13,14). The van der Waals surface area contributed by atoms with Crippen molar-refractivity contribution in [3.8, 4) is 0 Å². The van der Waals surface area contributed by atoms with Gasteiger partial charge in [0.2, 0.25) is 0 Å². The molecule has 8 heteroatoms. The Labute approximate surface area is 88.3 Å². The number of hydrogen-bond donors (Lipinski definition) is 5. The summed E-state index contributed by atoms with van der Waals surface area (Å²) >= 11 is 0. The summed E-state index contributed by atoms with van der Waals surface area (Å²) < 4.78 is 29.2. The summed E-state index contributed by atoms with van der Waals surface area (Å²) in [5, 5.41) is 27.2. The van der Waals surface area contributed by atoms with Crippen molar-refractivity contribution in [1.29, 1.82) is 0 Å². The van der Waals surface area contributed by atoms with E-state index in [1.165, 1.54) is 0 Å². The highest BCUT2D eigenvalue weighted by atomic mass is 32.2. The summed E-state index contributed by atoms with van der Waals surface area (Å²) in [7, 11) is -4.66. The molecule has 0 saturated heterocycles. The quantitative estimate of drug-likeness (QED) is 0.326. The van der Waals surface area contributed by atoms with Gasteiger partial charge in [-0.3, -0.25) is 4.55 Å². The summed E-state index contributed by atoms with van der Waals surface area (Å²) in [6.45, 7) is -1.86. The Morgan fingerprint density at radius 3 is 1.60 bits per heavy atom. The molecule has 0 saturated carbocycles. The third-order valence-corrected chi connectivity index (χ3v) is 4.69. The summed E-state index contributed by atoms with van der Waals surface area (Å²) in [6.07, 6.45) is 0. The van der Waals surface area contributed by atoms with Gasteiger partial charge in [-0.15, -0.1) is 0 Å². The molecule has 0 bridgehead atoms. The van der Waals surface area contributed by atoms with Crippen molar-refractivity contribution in [1.82, 2.24) is 0 Å². The molecule has 0 aromatic carbocycles. The van der Waals surface area contributed by atoms with Gasteiger partial charge in [-0.25, -0.2) is 0 Å². The van der Waals surface area contributed by atoms with E-state index in [-0.39, 0.29) is 0 Å². The molecule has 0 aromatic heterocycles. The molecule has 6 N–H and O–H groups in total. The van der Waals surface area contributed by atoms with Gasteiger partial charge in [0, 0.05) is 6.54 Å². The van der Waals surface area contributed by atoms with Crippen LogP contribution in [0, 0.1) is 5.41 Å². The monoisotopic (exact) mass is 243 g/mol. The molecular formula is C7H17NO6S. The van der Waals surface area contributed by atoms with Crippen LogP contribution in [0.25, 0.3) is 0 Å². The van der Waals surface area contributed by atoms with Gasteiger partial charge >= 0.3 is 0 Å². The molecular weight excluding hydrogens is 226 g/mol. The third kappa shape index (κ3) is 2.14. The number of rotatable bonds is 6. The molecule has 0 spiro atoms. The highest BCUT2D eigenvalue weighted by molar-refractivity contribution is 7.87. The lowest BCUT2D eigenvalue weighted by Crippen LogP contribution is -2.61. The zero-order valence-electron chi connectivity index (χ0n) is 8.42. The molecule has 0 aliphatic carbocycles. The van der Waals surface area contributed by atoms with E-state index in [4.69, 9.17) is 25.6 Å². The van der Waals surface area contributed by atoms with Gasteiger partial charge in [-0.05, 0) is 6.92 Å². The van der Waals surface area contributed by atoms with Crippen LogP contribution < -0.4 is 5.73 Å². The Morgan fingerprint density at radius 2 is 1.53 bits per heavy atom. The fraction of sp³-hybridized carbons (Fsp3) is 1.00. The van der Waals surface area contributed by atoms with E-state index in [1.807, 2.05) is 0 Å². The number of aliphatic hydroxyl groups excluding tert-OH is 3. The van der Waals surface area contributed by atoms with E-state index >= 15 is 0 Å². The number of hydrogen-bond acceptors (Lipinski definition) is 6. The lowest BCUT2D eigenvalue weighted by molar-refractivity contribution is 0.00626. The van der Waals surface area contributed by atoms with Gasteiger partial charge in [0.1, 0.15) is 4.75 Å². The maximum Gasteiger partial charge on any atom is 0.273 e. The molecule has 15 heavy (non-hydrogen) atoms. The number of aliphatic hydroxyl groups is 3. The fourth-order valence-electron chi connectivity index (χ4n) is 1.25. The minimum absolute atomic E-state index is 0.392. The Hall–Kier alpha value is -0.250. The first-order chi connectivity index (χ1) is 6.74. The van der Waals surface area contributed by atoms with E-state index in [0.717, 1.165) is 6.92 Å². The molecule has 0 aliphatic rings. The Balaban J connectivity index is 5.62. The summed E-state index contributed by atoms with van der Waals surface area (Å²) in [5.41, 5.74) is 3.60. The normalized spacial score (nSPS) is 17.5. The molecule has 0 aromatic rings. The second kappa shape index (κ2) is 4.73. The molecule has 1 atom stereocenters. The molecule has 0 rings (SSSR count). The first-order valence-electron chi connectivity index (χ1n) is 4.24. The van der Waals surface area contributed by atoms with E-state index in [2.05, 4.69) is 0 Å². The molecule has 0 amide bonds. The first-order valence-corrected chi connectivity index (χ1v) is 5.68. The van der Waals surface area contributed by atoms with Crippen molar-refractivity contribution >= 4 is 10.1 Å². The van der Waals surface area contributed by atoms with Crippen LogP contribution in [0.4, 0.5) is 0 Å². The molecule has 7 nitrogen and oxygen atoms in total. The number of nitrogens with two attached hydrogens (primary N) is 1. The lowest BCUT2D eigenvalue weighted by atomic mass is 9.77. The van der Waals surface area contributed by atoms with E-state index in [9.17, 15) is 8.42 Å². The largest absolute Gasteiger partial charge is 0.396 e. The maximum atomic E-state index is 11.1. The maximum absolute atomic E-state index is 11.1. The third-order valence-electron chi connectivity index (χ3n) is 2.99. The van der Waals surface area contributed by atoms with Crippen molar-refractivity contribution < 1.29 is 28.3 Å². The highest BCUT2D eigenvalue weighted by Gasteiger charge is 2.55. The van der Waals surface area contributed by atoms with Crippen molar-refractivity contribution in [2.75, 3.05) is 26.4 Å². The second-order valence-corrected chi connectivity index (χ2v) is 5.52. The van der Waals surface area contributed by atoms with Crippen LogP contribution in [0.1, 0.15) is 6.92 Å². The van der Waals surface area contributed by atoms with E-state index in [1.54, 1.807) is 0 Å². The van der Waals surface area contributed by atoms with Gasteiger partial charge in [-0.1, -0.05) is 0 Å². The topological polar surface area (TPSA) is 141 Å². The summed E-state index contributed by atoms with van der Waals surface area (Å²) in [5.74, 6) is 0. The first kappa shape index (κ1) is 14.8. The van der Waals surface area contributed by atoms with Crippen LogP contribution >= 0.6 is 0 Å². The predicted octanol–water partition coefficient (Wildman–Crippen LogP) is -2.45. The minimum Gasteiger partial charge on any atom is -0.396 e. The molecule has 92 valence electrons. The Morgan fingerprint density at radius 1 is 1.13 bits per heavy atom. The van der Waals surface area contributed by atoms with Crippen molar-refractivity contribution in [2.24, 2.45) is 11.1 Å². The Kier molecular flexibility index (Phi) is 4.65. The molecule has 0 heterocycles. The predicted molar refractivity (Wildman–Crippen MR) is 52.7 cm³/mol. The lowest BCUT2D eigenvalue weighted by Gasteiger charge is -2.42. The summed E-state index contributed by atoms with van der Waals surface area (Å²) in [4.78, 5) is 0. The van der Waals surface area contributed by atoms with Crippen molar-refractivity contribution in [3.63, 3.8) is 0 Å². The molecule has 0 radical (unpaired) electrons. The van der Waals surface area contributed by atoms with Crippen LogP contribution in [0.3, 0.4) is 0 Å². The zero-order chi connectivity index (χ0) is 12.3. The van der Waals surface area contributed by atoms with Gasteiger partial charge in [0.25, 0.3) is 10.1 Å². The average molecular weight is 243 g/mol. The molecule has 1 unspecified atom stereocenters. The smallest absolute Gasteiger partial charge is 0.273 e. The van der Waals surface area contributed by atoms with Crippen LogP contribution in [0.15, 0.2) is 0 Å². The highest BCUT2D eigenvalue weighted by Crippen LogP contribution is 2.36. The van der Waals surface area contributed by atoms with Crippen molar-refractivity contribution in [3.05, 3.63) is 0 Å². The van der Waals surface area contributed by atoms with E-state index in [0.29, 0.717) is 0 Å². The minimum atomic E-state index is -4.66. The van der Waals surface area contributed by atoms with Crippen molar-refractivity contribution in [2.45, 2.75) is 11.7 Å². The van der Waals surface area contributed by atoms with Crippen LogP contribution in [-0.2, 0) is 10.1 Å². The summed E-state index contributed by atoms with van der Waals surface area (Å²) in [6, 6.07) is 0. The van der Waals surface area contributed by atoms with Crippen LogP contribution in [0.2, 0.25) is 0 Å². The van der Waals surface area contributed by atoms with Gasteiger partial charge in [0.05, 0.1) is 25.2 Å². The van der Waals surface area contributed by atoms with Gasteiger partial charge < -0.3 is 21.1 Å². The van der Waals surface area contributed by atoms with Crippen LogP contribution in [0.5, 0.6) is 0 Å². The average Bonchev–Trinajstić information content (AvgIpc) is 2.19. The fourth-order valence-corrected chi connectivity index (χ4v) is 2.18. The molecule has 0 fully saturated rings. The Bertz CT molecular complexity index is 290.